The molecule has 0 spiro atoms. The molecule has 0 aliphatic rings. The molecule has 3 rings (SSSR count). The average molecular weight is 461 g/mol. The van der Waals surface area contributed by atoms with Gasteiger partial charge >= 0.3 is 11.8 Å². The first-order chi connectivity index (χ1) is 13.5. The van der Waals surface area contributed by atoms with Gasteiger partial charge in [-0.2, -0.15) is 0 Å². The number of hydrogen-bond donors (Lipinski definition) is 2. The Kier molecular flexibility index (Phi) is 6.62. The number of aliphatic imine (C=N–C) groups is 1. The lowest BCUT2D eigenvalue weighted by atomic mass is 10.3. The zero-order chi connectivity index (χ0) is 19.9. The Balaban J connectivity index is 1.51. The Labute approximate surface area is 174 Å². The van der Waals surface area contributed by atoms with Crippen molar-refractivity contribution in [1.82, 2.24) is 5.32 Å². The van der Waals surface area contributed by atoms with Gasteiger partial charge in [-0.3, -0.25) is 14.6 Å². The number of hydrogen-bond acceptors (Lipinski definition) is 4. The van der Waals surface area contributed by atoms with Gasteiger partial charge in [-0.05, 0) is 54.6 Å². The molecule has 0 aliphatic heterocycles. The van der Waals surface area contributed by atoms with Crippen LogP contribution in [-0.2, 0) is 16.1 Å². The minimum Gasteiger partial charge on any atom is -0.458 e. The van der Waals surface area contributed by atoms with Crippen LogP contribution in [0.15, 0.2) is 74.5 Å². The molecule has 0 saturated carbocycles. The molecule has 0 bridgehead atoms. The summed E-state index contributed by atoms with van der Waals surface area (Å²) in [7, 11) is 0. The third-order valence-corrected chi connectivity index (χ3v) is 4.33. The lowest BCUT2D eigenvalue weighted by molar-refractivity contribution is -0.136. The van der Waals surface area contributed by atoms with Crippen LogP contribution < -0.4 is 10.6 Å². The fourth-order valence-corrected chi connectivity index (χ4v) is 2.68. The number of amides is 2. The van der Waals surface area contributed by atoms with E-state index in [0.29, 0.717) is 22.2 Å². The molecule has 0 fully saturated rings. The third-order valence-electron chi connectivity index (χ3n) is 3.56. The van der Waals surface area contributed by atoms with Gasteiger partial charge in [0.2, 0.25) is 0 Å². The number of furan rings is 1. The highest BCUT2D eigenvalue weighted by molar-refractivity contribution is 9.10. The summed E-state index contributed by atoms with van der Waals surface area (Å²) in [6, 6.07) is 17.5. The van der Waals surface area contributed by atoms with Gasteiger partial charge in [-0.15, -0.1) is 0 Å². The SMILES string of the molecule is O=C(NCc1ccc(C=Nc2ccc(Br)cc2)o1)C(=O)Nc1cccc(Cl)c1. The maximum Gasteiger partial charge on any atom is 0.313 e. The van der Waals surface area contributed by atoms with Crippen molar-refractivity contribution >= 4 is 56.9 Å². The first-order valence-corrected chi connectivity index (χ1v) is 9.40. The first kappa shape index (κ1) is 19.9. The van der Waals surface area contributed by atoms with Crippen LogP contribution in [0.1, 0.15) is 11.5 Å². The number of nitrogens with zero attached hydrogens (tertiary/aromatic N) is 1. The van der Waals surface area contributed by atoms with E-state index in [9.17, 15) is 9.59 Å². The molecular weight excluding hydrogens is 446 g/mol. The van der Waals surface area contributed by atoms with Crippen LogP contribution in [0.25, 0.3) is 0 Å². The molecule has 0 saturated heterocycles. The lowest BCUT2D eigenvalue weighted by Crippen LogP contribution is -2.34. The molecule has 6 nitrogen and oxygen atoms in total. The van der Waals surface area contributed by atoms with Gasteiger partial charge in [0.15, 0.2) is 0 Å². The van der Waals surface area contributed by atoms with Crippen LogP contribution in [0.5, 0.6) is 0 Å². The molecule has 2 aromatic carbocycles. The molecule has 1 aromatic heterocycles. The molecule has 1 heterocycles. The second kappa shape index (κ2) is 9.34. The van der Waals surface area contributed by atoms with Gasteiger partial charge < -0.3 is 15.1 Å². The number of rotatable bonds is 5. The zero-order valence-electron chi connectivity index (χ0n) is 14.5. The number of carbonyl (C=O) groups excluding carboxylic acids is 2. The second-order valence-corrected chi connectivity index (χ2v) is 7.04. The van der Waals surface area contributed by atoms with E-state index in [1.807, 2.05) is 24.3 Å². The molecule has 2 amide bonds. The zero-order valence-corrected chi connectivity index (χ0v) is 16.8. The van der Waals surface area contributed by atoms with E-state index in [4.69, 9.17) is 16.0 Å². The molecule has 0 atom stereocenters. The van der Waals surface area contributed by atoms with Crippen molar-refractivity contribution in [1.29, 1.82) is 0 Å². The van der Waals surface area contributed by atoms with Crippen molar-refractivity contribution in [3.8, 4) is 0 Å². The summed E-state index contributed by atoms with van der Waals surface area (Å²) in [4.78, 5) is 28.1. The highest BCUT2D eigenvalue weighted by atomic mass is 79.9. The average Bonchev–Trinajstić information content (AvgIpc) is 3.13. The second-order valence-electron chi connectivity index (χ2n) is 5.69. The monoisotopic (exact) mass is 459 g/mol. The Bertz CT molecular complexity index is 1020. The Morgan fingerprint density at radius 1 is 1.07 bits per heavy atom. The molecule has 0 unspecified atom stereocenters. The van der Waals surface area contributed by atoms with Gasteiger partial charge in [0, 0.05) is 15.2 Å². The van der Waals surface area contributed by atoms with Crippen LogP contribution in [0.2, 0.25) is 5.02 Å². The lowest BCUT2D eigenvalue weighted by Gasteiger charge is -2.05. The molecule has 3 aromatic rings. The van der Waals surface area contributed by atoms with Crippen molar-refractivity contribution in [2.24, 2.45) is 4.99 Å². The normalized spacial score (nSPS) is 10.8. The van der Waals surface area contributed by atoms with Crippen molar-refractivity contribution in [3.05, 3.63) is 81.7 Å². The van der Waals surface area contributed by atoms with Crippen molar-refractivity contribution in [2.75, 3.05) is 5.32 Å². The summed E-state index contributed by atoms with van der Waals surface area (Å²) < 4.78 is 6.54. The smallest absolute Gasteiger partial charge is 0.313 e. The summed E-state index contributed by atoms with van der Waals surface area (Å²) in [6.45, 7) is 0.0773. The predicted octanol–water partition coefficient (Wildman–Crippen LogP) is 4.70. The minimum atomic E-state index is -0.786. The highest BCUT2D eigenvalue weighted by Gasteiger charge is 2.14. The Hall–Kier alpha value is -2.90. The molecule has 0 aliphatic carbocycles. The number of benzene rings is 2. The highest BCUT2D eigenvalue weighted by Crippen LogP contribution is 2.17. The van der Waals surface area contributed by atoms with Crippen LogP contribution in [-0.4, -0.2) is 18.0 Å². The van der Waals surface area contributed by atoms with E-state index in [1.54, 1.807) is 42.6 Å². The third kappa shape index (κ3) is 5.80. The molecule has 28 heavy (non-hydrogen) atoms. The standard InChI is InChI=1S/C20H15BrClN3O3/c21-13-4-6-15(7-5-13)23-11-17-8-9-18(28-17)12-24-19(26)20(27)25-16-3-1-2-14(22)10-16/h1-11H,12H2,(H,24,26)(H,25,27). The minimum absolute atomic E-state index is 0.0773. The molecule has 2 N–H and O–H groups in total. The van der Waals surface area contributed by atoms with Crippen LogP contribution in [0, 0.1) is 0 Å². The number of anilines is 1. The van der Waals surface area contributed by atoms with Crippen molar-refractivity contribution < 1.29 is 14.0 Å². The van der Waals surface area contributed by atoms with Crippen molar-refractivity contribution in [3.63, 3.8) is 0 Å². The maximum atomic E-state index is 11.9. The van der Waals surface area contributed by atoms with Crippen LogP contribution in [0.4, 0.5) is 11.4 Å². The molecule has 8 heteroatoms. The van der Waals surface area contributed by atoms with E-state index in [2.05, 4.69) is 31.6 Å². The van der Waals surface area contributed by atoms with Gasteiger partial charge in [0.25, 0.3) is 0 Å². The molecule has 142 valence electrons. The summed E-state index contributed by atoms with van der Waals surface area (Å²) >= 11 is 9.21. The predicted molar refractivity (Wildman–Crippen MR) is 112 cm³/mol. The van der Waals surface area contributed by atoms with Gasteiger partial charge in [-0.25, -0.2) is 0 Å². The summed E-state index contributed by atoms with van der Waals surface area (Å²) in [5, 5.41) is 5.44. The van der Waals surface area contributed by atoms with E-state index >= 15 is 0 Å². The number of nitrogens with one attached hydrogen (secondary N) is 2. The first-order valence-electron chi connectivity index (χ1n) is 8.23. The van der Waals surface area contributed by atoms with E-state index < -0.39 is 11.8 Å². The van der Waals surface area contributed by atoms with Crippen LogP contribution >= 0.6 is 27.5 Å². The van der Waals surface area contributed by atoms with Gasteiger partial charge in [0.1, 0.15) is 11.5 Å². The Morgan fingerprint density at radius 2 is 1.86 bits per heavy atom. The number of halogens is 2. The van der Waals surface area contributed by atoms with Crippen LogP contribution in [0.3, 0.4) is 0 Å². The van der Waals surface area contributed by atoms with Gasteiger partial charge in [0.05, 0.1) is 18.4 Å². The molecule has 0 radical (unpaired) electrons. The molecular formula is C20H15BrClN3O3. The van der Waals surface area contributed by atoms with Crippen molar-refractivity contribution in [2.45, 2.75) is 6.54 Å². The summed E-state index contributed by atoms with van der Waals surface area (Å²) in [5.74, 6) is -0.524. The van der Waals surface area contributed by atoms with E-state index in [1.165, 1.54) is 0 Å². The quantitative estimate of drug-likeness (QED) is 0.427. The maximum absolute atomic E-state index is 11.9. The van der Waals surface area contributed by atoms with E-state index in [0.717, 1.165) is 10.2 Å². The fraction of sp³-hybridized carbons (Fsp3) is 0.0500. The van der Waals surface area contributed by atoms with E-state index in [-0.39, 0.29) is 6.54 Å². The van der Waals surface area contributed by atoms with Gasteiger partial charge in [-0.1, -0.05) is 33.6 Å². The topological polar surface area (TPSA) is 83.7 Å². The largest absolute Gasteiger partial charge is 0.458 e. The number of carbonyl (C=O) groups is 2. The summed E-state index contributed by atoms with van der Waals surface area (Å²) in [6.07, 6.45) is 1.58. The summed E-state index contributed by atoms with van der Waals surface area (Å²) in [5.41, 5.74) is 1.23. The fourth-order valence-electron chi connectivity index (χ4n) is 2.23. The Morgan fingerprint density at radius 3 is 2.61 bits per heavy atom.